The summed E-state index contributed by atoms with van der Waals surface area (Å²) < 4.78 is 7.31. The Hall–Kier alpha value is -2.80. The summed E-state index contributed by atoms with van der Waals surface area (Å²) in [5, 5.41) is 9.45. The molecule has 3 aromatic rings. The highest BCUT2D eigenvalue weighted by molar-refractivity contribution is 6.06. The van der Waals surface area contributed by atoms with Crippen molar-refractivity contribution in [1.82, 2.24) is 24.6 Å². The lowest BCUT2D eigenvalue weighted by atomic mass is 10.0. The maximum Gasteiger partial charge on any atom is 0.255 e. The number of hydrogen-bond donors (Lipinski definition) is 0. The fourth-order valence-electron chi connectivity index (χ4n) is 4.13. The fraction of sp³-hybridized carbons (Fsp3) is 0.429. The largest absolute Gasteiger partial charge is 0.377 e. The van der Waals surface area contributed by atoms with Crippen molar-refractivity contribution < 1.29 is 9.53 Å². The van der Waals surface area contributed by atoms with E-state index in [1.165, 1.54) is 0 Å². The summed E-state index contributed by atoms with van der Waals surface area (Å²) in [5.41, 5.74) is 2.67. The van der Waals surface area contributed by atoms with Gasteiger partial charge in [0.1, 0.15) is 6.61 Å². The van der Waals surface area contributed by atoms with Gasteiger partial charge in [-0.05, 0) is 31.9 Å². The number of amides is 1. The molecule has 144 valence electrons. The summed E-state index contributed by atoms with van der Waals surface area (Å²) in [7, 11) is 1.65. The molecule has 3 heterocycles. The number of pyridine rings is 1. The molecule has 0 radical (unpaired) electrons. The van der Waals surface area contributed by atoms with Gasteiger partial charge < -0.3 is 14.2 Å². The number of nitrogens with zero attached hydrogens (tertiary/aromatic N) is 5. The Morgan fingerprint density at radius 3 is 2.86 bits per heavy atom. The Balaban J connectivity index is 1.51. The van der Waals surface area contributed by atoms with Crippen molar-refractivity contribution in [2.24, 2.45) is 0 Å². The molecule has 7 nitrogen and oxygen atoms in total. The third kappa shape index (κ3) is 2.86. The van der Waals surface area contributed by atoms with Gasteiger partial charge in [-0.3, -0.25) is 9.78 Å². The van der Waals surface area contributed by atoms with Crippen molar-refractivity contribution in [1.29, 1.82) is 0 Å². The van der Waals surface area contributed by atoms with E-state index < -0.39 is 0 Å². The molecular weight excluding hydrogens is 354 g/mol. The first-order valence-electron chi connectivity index (χ1n) is 9.76. The summed E-state index contributed by atoms with van der Waals surface area (Å²) in [6.07, 6.45) is 2.32. The maximum absolute atomic E-state index is 13.5. The lowest BCUT2D eigenvalue weighted by molar-refractivity contribution is 0.0677. The third-order valence-corrected chi connectivity index (χ3v) is 5.62. The van der Waals surface area contributed by atoms with Crippen molar-refractivity contribution in [2.45, 2.75) is 44.9 Å². The molecule has 0 saturated heterocycles. The van der Waals surface area contributed by atoms with Gasteiger partial charge >= 0.3 is 0 Å². The highest BCUT2D eigenvalue weighted by atomic mass is 16.5. The molecule has 1 fully saturated rings. The third-order valence-electron chi connectivity index (χ3n) is 5.62. The van der Waals surface area contributed by atoms with Crippen LogP contribution >= 0.6 is 0 Å². The zero-order valence-corrected chi connectivity index (χ0v) is 16.1. The summed E-state index contributed by atoms with van der Waals surface area (Å²) >= 11 is 0. The number of fused-ring (bicyclic) bond motifs is 2. The van der Waals surface area contributed by atoms with Gasteiger partial charge in [-0.1, -0.05) is 18.2 Å². The molecular formula is C21H23N5O2. The standard InChI is InChI=1S/C21H23N5O2/c1-13-10-25(11-19-23-24-20(12-28-2)26(13)19)21(27)16-9-18(14-7-8-14)22-17-6-4-3-5-15(16)17/h3-6,9,13-14H,7-8,10-12H2,1-2H3/t13-/m0/s1. The van der Waals surface area contributed by atoms with E-state index in [0.29, 0.717) is 25.6 Å². The number of carbonyl (C=O) groups is 1. The van der Waals surface area contributed by atoms with E-state index >= 15 is 0 Å². The topological polar surface area (TPSA) is 73.1 Å². The number of methoxy groups -OCH3 is 1. The van der Waals surface area contributed by atoms with Crippen LogP contribution in [0, 0.1) is 0 Å². The summed E-state index contributed by atoms with van der Waals surface area (Å²) in [4.78, 5) is 20.2. The van der Waals surface area contributed by atoms with Gasteiger partial charge in [0.25, 0.3) is 5.91 Å². The lowest BCUT2D eigenvalue weighted by Gasteiger charge is -2.33. The van der Waals surface area contributed by atoms with Crippen molar-refractivity contribution in [3.8, 4) is 0 Å². The minimum absolute atomic E-state index is 0.0369. The first-order valence-corrected chi connectivity index (χ1v) is 9.76. The van der Waals surface area contributed by atoms with Gasteiger partial charge in [0, 0.05) is 30.7 Å². The van der Waals surface area contributed by atoms with Gasteiger partial charge in [-0.25, -0.2) is 0 Å². The van der Waals surface area contributed by atoms with Crippen molar-refractivity contribution in [3.63, 3.8) is 0 Å². The molecule has 1 aromatic carbocycles. The van der Waals surface area contributed by atoms with Crippen LogP contribution < -0.4 is 0 Å². The molecule has 1 aliphatic carbocycles. The zero-order valence-electron chi connectivity index (χ0n) is 16.1. The molecule has 2 aliphatic rings. The first kappa shape index (κ1) is 17.3. The molecule has 1 saturated carbocycles. The number of benzene rings is 1. The number of aromatic nitrogens is 4. The van der Waals surface area contributed by atoms with Crippen molar-refractivity contribution in [3.05, 3.63) is 53.2 Å². The van der Waals surface area contributed by atoms with Crippen molar-refractivity contribution >= 4 is 16.8 Å². The second-order valence-electron chi connectivity index (χ2n) is 7.76. The average Bonchev–Trinajstić information content (AvgIpc) is 3.48. The van der Waals surface area contributed by atoms with Crippen LogP contribution in [0.15, 0.2) is 30.3 Å². The van der Waals surface area contributed by atoms with Crippen LogP contribution in [0.1, 0.15) is 59.4 Å². The number of rotatable bonds is 4. The second kappa shape index (κ2) is 6.67. The Labute approximate surface area is 163 Å². The fourth-order valence-corrected chi connectivity index (χ4v) is 4.13. The average molecular weight is 377 g/mol. The molecule has 0 bridgehead atoms. The van der Waals surface area contributed by atoms with Crippen LogP contribution in [0.25, 0.3) is 10.9 Å². The number of carbonyl (C=O) groups excluding carboxylic acids is 1. The van der Waals surface area contributed by atoms with E-state index in [-0.39, 0.29) is 11.9 Å². The molecule has 1 aliphatic heterocycles. The monoisotopic (exact) mass is 377 g/mol. The van der Waals surface area contributed by atoms with Crippen LogP contribution in [0.3, 0.4) is 0 Å². The van der Waals surface area contributed by atoms with Crippen LogP contribution in [0.5, 0.6) is 0 Å². The van der Waals surface area contributed by atoms with Crippen LogP contribution in [0.2, 0.25) is 0 Å². The van der Waals surface area contributed by atoms with E-state index in [1.54, 1.807) is 7.11 Å². The van der Waals surface area contributed by atoms with Crippen molar-refractivity contribution in [2.75, 3.05) is 13.7 Å². The Morgan fingerprint density at radius 2 is 2.07 bits per heavy atom. The minimum atomic E-state index is 0.0369. The summed E-state index contributed by atoms with van der Waals surface area (Å²) in [5.74, 6) is 2.15. The molecule has 1 atom stereocenters. The first-order chi connectivity index (χ1) is 13.7. The van der Waals surface area contributed by atoms with Gasteiger partial charge in [-0.15, -0.1) is 10.2 Å². The smallest absolute Gasteiger partial charge is 0.255 e. The summed E-state index contributed by atoms with van der Waals surface area (Å²) in [6.45, 7) is 3.59. The Bertz CT molecular complexity index is 1060. The van der Waals surface area contributed by atoms with E-state index in [9.17, 15) is 4.79 Å². The zero-order chi connectivity index (χ0) is 19.3. The maximum atomic E-state index is 13.5. The van der Waals surface area contributed by atoms with Gasteiger partial charge in [0.2, 0.25) is 0 Å². The van der Waals surface area contributed by atoms with E-state index in [4.69, 9.17) is 9.72 Å². The summed E-state index contributed by atoms with van der Waals surface area (Å²) in [6, 6.07) is 10.0. The molecule has 28 heavy (non-hydrogen) atoms. The van der Waals surface area contributed by atoms with Crippen LogP contribution in [-0.4, -0.2) is 44.2 Å². The SMILES string of the molecule is COCc1nnc2n1[C@@H](C)CN(C(=O)c1cc(C3CC3)nc3ccccc13)C2. The highest BCUT2D eigenvalue weighted by Crippen LogP contribution is 2.40. The Morgan fingerprint density at radius 1 is 1.25 bits per heavy atom. The Kier molecular flexibility index (Phi) is 4.12. The number of ether oxygens (including phenoxy) is 1. The lowest BCUT2D eigenvalue weighted by Crippen LogP contribution is -2.41. The van der Waals surface area contributed by atoms with Gasteiger partial charge in [-0.2, -0.15) is 0 Å². The minimum Gasteiger partial charge on any atom is -0.377 e. The molecule has 5 rings (SSSR count). The number of para-hydroxylation sites is 1. The molecule has 2 aromatic heterocycles. The van der Waals surface area contributed by atoms with E-state index in [0.717, 1.165) is 46.7 Å². The molecule has 7 heteroatoms. The molecule has 0 N–H and O–H groups in total. The van der Waals surface area contributed by atoms with Gasteiger partial charge in [0.15, 0.2) is 11.6 Å². The molecule has 0 unspecified atom stereocenters. The predicted octanol–water partition coefficient (Wildman–Crippen LogP) is 3.07. The van der Waals surface area contributed by atoms with Crippen LogP contribution in [-0.2, 0) is 17.9 Å². The van der Waals surface area contributed by atoms with E-state index in [1.807, 2.05) is 35.2 Å². The highest BCUT2D eigenvalue weighted by Gasteiger charge is 2.32. The normalized spacial score (nSPS) is 19.1. The predicted molar refractivity (Wildman–Crippen MR) is 104 cm³/mol. The molecule has 1 amide bonds. The van der Waals surface area contributed by atoms with E-state index in [2.05, 4.69) is 21.7 Å². The molecule has 0 spiro atoms. The number of hydrogen-bond acceptors (Lipinski definition) is 5. The quantitative estimate of drug-likeness (QED) is 0.699. The van der Waals surface area contributed by atoms with Crippen LogP contribution in [0.4, 0.5) is 0 Å². The second-order valence-corrected chi connectivity index (χ2v) is 7.76. The van der Waals surface area contributed by atoms with Gasteiger partial charge in [0.05, 0.1) is 23.7 Å².